The summed E-state index contributed by atoms with van der Waals surface area (Å²) >= 11 is 0. The van der Waals surface area contributed by atoms with E-state index in [-0.39, 0.29) is 0 Å². The molecule has 0 radical (unpaired) electrons. The third kappa shape index (κ3) is 1.46. The smallest absolute Gasteiger partial charge is 0.141 e. The molecule has 3 rings (SSSR count). The number of anilines is 1. The Morgan fingerprint density at radius 3 is 2.83 bits per heavy atom. The van der Waals surface area contributed by atoms with E-state index < -0.39 is 0 Å². The number of aryl methyl sites for hydroxylation is 1. The van der Waals surface area contributed by atoms with Crippen LogP contribution in [0.1, 0.15) is 5.56 Å². The summed E-state index contributed by atoms with van der Waals surface area (Å²) in [6.45, 7) is 2.02. The summed E-state index contributed by atoms with van der Waals surface area (Å²) in [7, 11) is 2.01. The molecule has 0 unspecified atom stereocenters. The number of imidazole rings is 1. The number of nitrogens with two attached hydrogens (primary N) is 1. The highest BCUT2D eigenvalue weighted by Crippen LogP contribution is 2.28. The van der Waals surface area contributed by atoms with Crippen molar-refractivity contribution in [3.8, 4) is 11.4 Å². The summed E-state index contributed by atoms with van der Waals surface area (Å²) in [6, 6.07) is 7.87. The molecule has 0 spiro atoms. The minimum absolute atomic E-state index is 0.790. The van der Waals surface area contributed by atoms with Gasteiger partial charge in [0.15, 0.2) is 0 Å². The number of nitrogen functional groups attached to an aromatic ring is 1. The van der Waals surface area contributed by atoms with Crippen LogP contribution in [0.25, 0.3) is 22.4 Å². The van der Waals surface area contributed by atoms with E-state index in [0.717, 1.165) is 33.7 Å². The summed E-state index contributed by atoms with van der Waals surface area (Å²) in [6.07, 6.45) is 3.56. The average Bonchev–Trinajstić information content (AvgIpc) is 2.71. The minimum Gasteiger partial charge on any atom is -0.398 e. The fraction of sp³-hybridized carbons (Fsp3) is 0.143. The molecule has 0 aliphatic rings. The largest absolute Gasteiger partial charge is 0.398 e. The molecule has 0 saturated heterocycles. The Bertz CT molecular complexity index is 728. The van der Waals surface area contributed by atoms with E-state index >= 15 is 0 Å². The van der Waals surface area contributed by atoms with E-state index in [1.54, 1.807) is 12.4 Å². The monoisotopic (exact) mass is 238 g/mol. The number of aromatic nitrogens is 3. The molecule has 0 amide bonds. The third-order valence-electron chi connectivity index (χ3n) is 3.30. The Labute approximate surface area is 105 Å². The summed E-state index contributed by atoms with van der Waals surface area (Å²) < 4.78 is 2.07. The predicted octanol–water partition coefficient (Wildman–Crippen LogP) is 2.53. The van der Waals surface area contributed by atoms with Crippen LogP contribution in [0, 0.1) is 6.92 Å². The van der Waals surface area contributed by atoms with Crippen molar-refractivity contribution in [3.05, 3.63) is 42.2 Å². The predicted molar refractivity (Wildman–Crippen MR) is 73.1 cm³/mol. The summed E-state index contributed by atoms with van der Waals surface area (Å²) in [5, 5.41) is 0. The van der Waals surface area contributed by atoms with Crippen LogP contribution in [-0.4, -0.2) is 14.5 Å². The molecule has 18 heavy (non-hydrogen) atoms. The van der Waals surface area contributed by atoms with Gasteiger partial charge in [-0.25, -0.2) is 4.98 Å². The number of nitrogens with zero attached hydrogens (tertiary/aromatic N) is 3. The molecule has 0 saturated carbocycles. The van der Waals surface area contributed by atoms with Gasteiger partial charge in [-0.1, -0.05) is 12.1 Å². The molecule has 0 aliphatic heterocycles. The molecule has 2 N–H and O–H groups in total. The zero-order valence-electron chi connectivity index (χ0n) is 10.4. The maximum atomic E-state index is 5.95. The van der Waals surface area contributed by atoms with Gasteiger partial charge in [0.1, 0.15) is 11.3 Å². The Balaban J connectivity index is 2.32. The topological polar surface area (TPSA) is 56.7 Å². The number of fused-ring (bicyclic) bond motifs is 1. The molecule has 3 aromatic rings. The van der Waals surface area contributed by atoms with Gasteiger partial charge >= 0.3 is 0 Å². The molecule has 0 bridgehead atoms. The van der Waals surface area contributed by atoms with Crippen LogP contribution in [0.3, 0.4) is 0 Å². The van der Waals surface area contributed by atoms with Crippen molar-refractivity contribution in [2.75, 3.05) is 5.73 Å². The van der Waals surface area contributed by atoms with Crippen molar-refractivity contribution < 1.29 is 0 Å². The van der Waals surface area contributed by atoms with Gasteiger partial charge in [0.2, 0.25) is 0 Å². The first-order valence-electron chi connectivity index (χ1n) is 5.80. The second-order valence-corrected chi connectivity index (χ2v) is 4.38. The van der Waals surface area contributed by atoms with Gasteiger partial charge < -0.3 is 10.3 Å². The summed E-state index contributed by atoms with van der Waals surface area (Å²) in [4.78, 5) is 8.73. The first-order chi connectivity index (χ1) is 8.68. The summed E-state index contributed by atoms with van der Waals surface area (Å²) in [5.74, 6) is 0.919. The first-order valence-corrected chi connectivity index (χ1v) is 5.80. The molecule has 4 nitrogen and oxygen atoms in total. The van der Waals surface area contributed by atoms with Crippen molar-refractivity contribution in [1.29, 1.82) is 0 Å². The van der Waals surface area contributed by atoms with Crippen molar-refractivity contribution in [2.24, 2.45) is 7.05 Å². The lowest BCUT2D eigenvalue weighted by Crippen LogP contribution is -1.97. The van der Waals surface area contributed by atoms with Crippen molar-refractivity contribution in [3.63, 3.8) is 0 Å². The van der Waals surface area contributed by atoms with Crippen LogP contribution in [0.4, 0.5) is 5.69 Å². The van der Waals surface area contributed by atoms with Crippen molar-refractivity contribution >= 4 is 16.7 Å². The van der Waals surface area contributed by atoms with Crippen LogP contribution >= 0.6 is 0 Å². The third-order valence-corrected chi connectivity index (χ3v) is 3.30. The molecule has 90 valence electrons. The number of rotatable bonds is 1. The number of hydrogen-bond donors (Lipinski definition) is 1. The van der Waals surface area contributed by atoms with Crippen LogP contribution in [0.5, 0.6) is 0 Å². The van der Waals surface area contributed by atoms with Gasteiger partial charge in [-0.15, -0.1) is 0 Å². The van der Waals surface area contributed by atoms with E-state index in [2.05, 4.69) is 14.5 Å². The van der Waals surface area contributed by atoms with E-state index in [9.17, 15) is 0 Å². The van der Waals surface area contributed by atoms with Gasteiger partial charge in [-0.2, -0.15) is 0 Å². The lowest BCUT2D eigenvalue weighted by Gasteiger charge is -2.08. The zero-order valence-corrected chi connectivity index (χ0v) is 10.4. The van der Waals surface area contributed by atoms with E-state index in [1.165, 1.54) is 0 Å². The molecule has 2 aromatic heterocycles. The Hall–Kier alpha value is -2.36. The SMILES string of the molecule is Cc1c(N)cccc1-c1nc2cnccc2n1C. The van der Waals surface area contributed by atoms with Gasteiger partial charge in [-0.05, 0) is 24.6 Å². The minimum atomic E-state index is 0.790. The Morgan fingerprint density at radius 1 is 1.22 bits per heavy atom. The highest BCUT2D eigenvalue weighted by molar-refractivity contribution is 5.81. The molecular weight excluding hydrogens is 224 g/mol. The lowest BCUT2D eigenvalue weighted by molar-refractivity contribution is 0.957. The van der Waals surface area contributed by atoms with Gasteiger partial charge in [0.05, 0.1) is 11.7 Å². The van der Waals surface area contributed by atoms with Crippen molar-refractivity contribution in [1.82, 2.24) is 14.5 Å². The maximum Gasteiger partial charge on any atom is 0.141 e. The number of pyridine rings is 1. The van der Waals surface area contributed by atoms with E-state index in [1.807, 2.05) is 38.2 Å². The maximum absolute atomic E-state index is 5.95. The van der Waals surface area contributed by atoms with E-state index in [4.69, 9.17) is 5.73 Å². The molecule has 0 fully saturated rings. The van der Waals surface area contributed by atoms with Crippen LogP contribution in [0.15, 0.2) is 36.7 Å². The Kier molecular flexibility index (Phi) is 2.30. The molecule has 0 aliphatic carbocycles. The molecule has 1 aromatic carbocycles. The van der Waals surface area contributed by atoms with Crippen LogP contribution in [0.2, 0.25) is 0 Å². The highest BCUT2D eigenvalue weighted by Gasteiger charge is 2.12. The number of benzene rings is 1. The fourth-order valence-corrected chi connectivity index (χ4v) is 2.19. The fourth-order valence-electron chi connectivity index (χ4n) is 2.19. The highest BCUT2D eigenvalue weighted by atomic mass is 15.1. The molecule has 2 heterocycles. The second kappa shape index (κ2) is 3.84. The van der Waals surface area contributed by atoms with Crippen molar-refractivity contribution in [2.45, 2.75) is 6.92 Å². The van der Waals surface area contributed by atoms with Crippen LogP contribution in [-0.2, 0) is 7.05 Å². The zero-order chi connectivity index (χ0) is 12.7. The normalized spacial score (nSPS) is 11.0. The van der Waals surface area contributed by atoms with Crippen LogP contribution < -0.4 is 5.73 Å². The quantitative estimate of drug-likeness (QED) is 0.663. The molecular formula is C14H14N4. The molecule has 0 atom stereocenters. The lowest BCUT2D eigenvalue weighted by atomic mass is 10.1. The van der Waals surface area contributed by atoms with Gasteiger partial charge in [0, 0.05) is 24.5 Å². The van der Waals surface area contributed by atoms with Gasteiger partial charge in [0.25, 0.3) is 0 Å². The average molecular weight is 238 g/mol. The molecule has 4 heteroatoms. The van der Waals surface area contributed by atoms with Gasteiger partial charge in [-0.3, -0.25) is 4.98 Å². The standard InChI is InChI=1S/C14H14N4/c1-9-10(4-3-5-11(9)15)14-17-12-8-16-7-6-13(12)18(14)2/h3-8H,15H2,1-2H3. The van der Waals surface area contributed by atoms with E-state index in [0.29, 0.717) is 0 Å². The Morgan fingerprint density at radius 2 is 2.06 bits per heavy atom. The number of hydrogen-bond acceptors (Lipinski definition) is 3. The summed E-state index contributed by atoms with van der Waals surface area (Å²) in [5.41, 5.74) is 10.8. The first kappa shape index (κ1) is 10.8. The second-order valence-electron chi connectivity index (χ2n) is 4.38.